The zero-order valence-electron chi connectivity index (χ0n) is 11.1. The molecule has 0 spiro atoms. The van der Waals surface area contributed by atoms with Gasteiger partial charge >= 0.3 is 5.97 Å². The number of halogens is 1. The van der Waals surface area contributed by atoms with Crippen molar-refractivity contribution in [2.45, 2.75) is 25.5 Å². The van der Waals surface area contributed by atoms with E-state index in [2.05, 4.69) is 15.2 Å². The first-order valence-electron chi connectivity index (χ1n) is 6.29. The second-order valence-electron chi connectivity index (χ2n) is 4.43. The predicted octanol–water partition coefficient (Wildman–Crippen LogP) is 0.661. The van der Waals surface area contributed by atoms with Crippen LogP contribution in [0.5, 0.6) is 0 Å². The molecule has 2 heterocycles. The summed E-state index contributed by atoms with van der Waals surface area (Å²) >= 11 is 5.98. The van der Waals surface area contributed by atoms with E-state index in [1.165, 1.54) is 13.3 Å². The highest BCUT2D eigenvalue weighted by atomic mass is 35.5. The zero-order chi connectivity index (χ0) is 14.5. The van der Waals surface area contributed by atoms with Gasteiger partial charge in [0.05, 0.1) is 25.1 Å². The minimum atomic E-state index is -0.560. The summed E-state index contributed by atoms with van der Waals surface area (Å²) in [5, 5.41) is 6.93. The summed E-state index contributed by atoms with van der Waals surface area (Å²) in [7, 11) is 1.24. The Morgan fingerprint density at radius 1 is 1.70 bits per heavy atom. The topological polar surface area (TPSA) is 82.5 Å². The van der Waals surface area contributed by atoms with Crippen molar-refractivity contribution in [3.8, 4) is 0 Å². The molecular weight excluding hydrogens is 286 g/mol. The third kappa shape index (κ3) is 3.49. The molecule has 0 bridgehead atoms. The number of hydrogen-bond acceptors (Lipinski definition) is 6. The van der Waals surface area contributed by atoms with Crippen molar-refractivity contribution in [3.05, 3.63) is 21.6 Å². The van der Waals surface area contributed by atoms with Gasteiger partial charge in [0, 0.05) is 13.2 Å². The van der Waals surface area contributed by atoms with E-state index in [1.807, 2.05) is 0 Å². The first-order valence-corrected chi connectivity index (χ1v) is 6.67. The molecule has 0 aliphatic carbocycles. The van der Waals surface area contributed by atoms with E-state index in [0.29, 0.717) is 12.2 Å². The predicted molar refractivity (Wildman–Crippen MR) is 73.0 cm³/mol. The number of hydrogen-bond donors (Lipinski definition) is 1. The van der Waals surface area contributed by atoms with Gasteiger partial charge in [-0.05, 0) is 12.8 Å². The summed E-state index contributed by atoms with van der Waals surface area (Å²) in [6.45, 7) is 1.07. The van der Waals surface area contributed by atoms with Gasteiger partial charge in [-0.1, -0.05) is 11.6 Å². The Morgan fingerprint density at radius 2 is 2.50 bits per heavy atom. The maximum absolute atomic E-state index is 11.9. The summed E-state index contributed by atoms with van der Waals surface area (Å²) in [6, 6.07) is 0. The molecule has 1 aliphatic rings. The first-order chi connectivity index (χ1) is 9.61. The molecule has 1 saturated heterocycles. The fourth-order valence-electron chi connectivity index (χ4n) is 1.92. The average molecular weight is 302 g/mol. The van der Waals surface area contributed by atoms with Crippen molar-refractivity contribution in [2.24, 2.45) is 0 Å². The van der Waals surface area contributed by atoms with E-state index < -0.39 is 11.5 Å². The third-order valence-electron chi connectivity index (χ3n) is 3.04. The van der Waals surface area contributed by atoms with Crippen molar-refractivity contribution < 1.29 is 14.3 Å². The number of nitrogens with one attached hydrogen (secondary N) is 1. The lowest BCUT2D eigenvalue weighted by atomic mass is 10.2. The number of esters is 1. The number of carbonyl (C=O) groups is 1. The molecule has 110 valence electrons. The molecule has 1 unspecified atom stereocenters. The smallest absolute Gasteiger partial charge is 0.327 e. The molecule has 0 radical (unpaired) electrons. The van der Waals surface area contributed by atoms with Crippen molar-refractivity contribution in [1.82, 2.24) is 9.78 Å². The van der Waals surface area contributed by atoms with Gasteiger partial charge in [0.2, 0.25) is 0 Å². The van der Waals surface area contributed by atoms with Crippen molar-refractivity contribution in [3.63, 3.8) is 0 Å². The zero-order valence-corrected chi connectivity index (χ0v) is 11.9. The Bertz CT molecular complexity index is 540. The molecule has 0 saturated carbocycles. The number of carbonyl (C=O) groups excluding carboxylic acids is 1. The quantitative estimate of drug-likeness (QED) is 0.805. The summed E-state index contributed by atoms with van der Waals surface area (Å²) in [4.78, 5) is 23.1. The number of nitrogens with zero attached hydrogens (tertiary/aromatic N) is 2. The van der Waals surface area contributed by atoms with Gasteiger partial charge < -0.3 is 14.8 Å². The molecule has 1 atom stereocenters. The van der Waals surface area contributed by atoms with Crippen molar-refractivity contribution in [2.75, 3.05) is 25.6 Å². The van der Waals surface area contributed by atoms with Gasteiger partial charge in [-0.25, -0.2) is 4.68 Å². The molecule has 2 rings (SSSR count). The molecule has 1 aromatic rings. The van der Waals surface area contributed by atoms with Crippen LogP contribution in [0, 0.1) is 0 Å². The van der Waals surface area contributed by atoms with E-state index in [0.717, 1.165) is 24.1 Å². The standard InChI is InChI=1S/C12H16ClN3O4/c1-19-10(17)7-16-12(18)11(13)9(6-15-16)14-5-8-3-2-4-20-8/h6,8,14H,2-5,7H2,1H3. The van der Waals surface area contributed by atoms with Crippen LogP contribution in [-0.2, 0) is 20.8 Å². The lowest BCUT2D eigenvalue weighted by Crippen LogP contribution is -2.29. The summed E-state index contributed by atoms with van der Waals surface area (Å²) in [5.74, 6) is -0.560. The normalized spacial score (nSPS) is 18.0. The van der Waals surface area contributed by atoms with Gasteiger partial charge in [-0.2, -0.15) is 5.10 Å². The first kappa shape index (κ1) is 14.8. The van der Waals surface area contributed by atoms with Crippen LogP contribution in [0.1, 0.15) is 12.8 Å². The number of methoxy groups -OCH3 is 1. The molecule has 0 aromatic carbocycles. The summed E-state index contributed by atoms with van der Waals surface area (Å²) < 4.78 is 10.9. The van der Waals surface area contributed by atoms with E-state index >= 15 is 0 Å². The molecule has 1 N–H and O–H groups in total. The lowest BCUT2D eigenvalue weighted by molar-refractivity contribution is -0.141. The van der Waals surface area contributed by atoms with Crippen LogP contribution in [0.3, 0.4) is 0 Å². The molecule has 0 amide bonds. The van der Waals surface area contributed by atoms with Crippen LogP contribution >= 0.6 is 11.6 Å². The number of ether oxygens (including phenoxy) is 2. The Balaban J connectivity index is 2.05. The SMILES string of the molecule is COC(=O)Cn1ncc(NCC2CCCO2)c(Cl)c1=O. The van der Waals surface area contributed by atoms with Gasteiger partial charge in [0.25, 0.3) is 5.56 Å². The molecule has 1 aromatic heterocycles. The third-order valence-corrected chi connectivity index (χ3v) is 3.40. The maximum atomic E-state index is 11.9. The highest BCUT2D eigenvalue weighted by molar-refractivity contribution is 6.32. The highest BCUT2D eigenvalue weighted by Gasteiger charge is 2.17. The molecule has 1 fully saturated rings. The van der Waals surface area contributed by atoms with Crippen molar-refractivity contribution in [1.29, 1.82) is 0 Å². The highest BCUT2D eigenvalue weighted by Crippen LogP contribution is 2.17. The van der Waals surface area contributed by atoms with Crippen LogP contribution < -0.4 is 10.9 Å². The molecular formula is C12H16ClN3O4. The molecule has 7 nitrogen and oxygen atoms in total. The second-order valence-corrected chi connectivity index (χ2v) is 4.81. The van der Waals surface area contributed by atoms with Crippen LogP contribution in [-0.4, -0.2) is 42.1 Å². The number of rotatable bonds is 5. The number of aromatic nitrogens is 2. The van der Waals surface area contributed by atoms with Gasteiger partial charge in [0.1, 0.15) is 11.6 Å². The Morgan fingerprint density at radius 3 is 3.15 bits per heavy atom. The lowest BCUT2D eigenvalue weighted by Gasteiger charge is -2.13. The average Bonchev–Trinajstić information content (AvgIpc) is 2.96. The maximum Gasteiger partial charge on any atom is 0.327 e. The van der Waals surface area contributed by atoms with E-state index in [1.54, 1.807) is 0 Å². The molecule has 20 heavy (non-hydrogen) atoms. The second kappa shape index (κ2) is 6.71. The Hall–Kier alpha value is -1.60. The van der Waals surface area contributed by atoms with E-state index in [4.69, 9.17) is 16.3 Å². The number of anilines is 1. The monoisotopic (exact) mass is 301 g/mol. The Kier molecular flexibility index (Phi) is 4.97. The van der Waals surface area contributed by atoms with Crippen LogP contribution in [0.15, 0.2) is 11.0 Å². The largest absolute Gasteiger partial charge is 0.468 e. The summed E-state index contributed by atoms with van der Waals surface area (Å²) in [5.41, 5.74) is -0.0947. The van der Waals surface area contributed by atoms with Crippen LogP contribution in [0.4, 0.5) is 5.69 Å². The summed E-state index contributed by atoms with van der Waals surface area (Å²) in [6.07, 6.45) is 3.57. The van der Waals surface area contributed by atoms with E-state index in [-0.39, 0.29) is 17.7 Å². The van der Waals surface area contributed by atoms with Crippen LogP contribution in [0.25, 0.3) is 0 Å². The fourth-order valence-corrected chi connectivity index (χ4v) is 2.13. The van der Waals surface area contributed by atoms with Crippen molar-refractivity contribution >= 4 is 23.3 Å². The minimum Gasteiger partial charge on any atom is -0.468 e. The Labute approximate surface area is 120 Å². The molecule has 1 aliphatic heterocycles. The van der Waals surface area contributed by atoms with Gasteiger partial charge in [0.15, 0.2) is 0 Å². The minimum absolute atomic E-state index is 0.00176. The van der Waals surface area contributed by atoms with Crippen LogP contribution in [0.2, 0.25) is 5.02 Å². The van der Waals surface area contributed by atoms with Gasteiger partial charge in [-0.15, -0.1) is 0 Å². The van der Waals surface area contributed by atoms with E-state index in [9.17, 15) is 9.59 Å². The molecule has 8 heteroatoms. The fraction of sp³-hybridized carbons (Fsp3) is 0.583. The van der Waals surface area contributed by atoms with Gasteiger partial charge in [-0.3, -0.25) is 9.59 Å².